The van der Waals surface area contributed by atoms with Gasteiger partial charge in [-0.25, -0.2) is 0 Å². The van der Waals surface area contributed by atoms with Gasteiger partial charge in [0.25, 0.3) is 0 Å². The van der Waals surface area contributed by atoms with Gasteiger partial charge in [-0.05, 0) is 12.0 Å². The van der Waals surface area contributed by atoms with Crippen molar-refractivity contribution in [1.29, 1.82) is 0 Å². The molecule has 5 nitrogen and oxygen atoms in total. The van der Waals surface area contributed by atoms with Gasteiger partial charge in [-0.15, -0.1) is 0 Å². The van der Waals surface area contributed by atoms with Crippen LogP contribution in [0.5, 0.6) is 0 Å². The quantitative estimate of drug-likeness (QED) is 0.677. The molecule has 0 bridgehead atoms. The number of nitrogens with two attached hydrogens (primary N) is 1. The van der Waals surface area contributed by atoms with E-state index in [1.807, 2.05) is 25.1 Å². The van der Waals surface area contributed by atoms with Crippen LogP contribution in [0.4, 0.5) is 0 Å². The smallest absolute Gasteiger partial charge is 0.241 e. The molecule has 0 heterocycles. The molecule has 5 heteroatoms. The summed E-state index contributed by atoms with van der Waals surface area (Å²) in [7, 11) is 0. The van der Waals surface area contributed by atoms with Crippen LogP contribution in [0.1, 0.15) is 31.4 Å². The Kier molecular flexibility index (Phi) is 6.60. The first-order valence-corrected chi connectivity index (χ1v) is 6.50. The van der Waals surface area contributed by atoms with Gasteiger partial charge in [-0.1, -0.05) is 37.3 Å². The summed E-state index contributed by atoms with van der Waals surface area (Å²) < 4.78 is 0. The molecule has 0 radical (unpaired) electrons. The molecule has 0 fully saturated rings. The third-order valence-electron chi connectivity index (χ3n) is 2.66. The number of hydrogen-bond acceptors (Lipinski definition) is 3. The van der Waals surface area contributed by atoms with Crippen LogP contribution in [0.3, 0.4) is 0 Å². The molecule has 1 aromatic rings. The SMILES string of the molecule is CCCNC(=O)CCNC(=O)[C@H](N)c1ccccc1. The van der Waals surface area contributed by atoms with Gasteiger partial charge in [-0.2, -0.15) is 0 Å². The molecule has 1 atom stereocenters. The zero-order chi connectivity index (χ0) is 14.1. The van der Waals surface area contributed by atoms with Crippen molar-refractivity contribution in [3.8, 4) is 0 Å². The maximum atomic E-state index is 11.8. The molecule has 0 spiro atoms. The highest BCUT2D eigenvalue weighted by atomic mass is 16.2. The first-order chi connectivity index (χ1) is 9.15. The van der Waals surface area contributed by atoms with Crippen molar-refractivity contribution in [2.45, 2.75) is 25.8 Å². The van der Waals surface area contributed by atoms with Crippen LogP contribution in [0, 0.1) is 0 Å². The van der Waals surface area contributed by atoms with Crippen LogP contribution in [0.25, 0.3) is 0 Å². The van der Waals surface area contributed by atoms with Gasteiger partial charge in [0.05, 0.1) is 0 Å². The van der Waals surface area contributed by atoms with E-state index >= 15 is 0 Å². The lowest BCUT2D eigenvalue weighted by atomic mass is 10.1. The Morgan fingerprint density at radius 2 is 1.84 bits per heavy atom. The number of benzene rings is 1. The number of rotatable bonds is 7. The molecule has 104 valence electrons. The zero-order valence-electron chi connectivity index (χ0n) is 11.2. The number of carbonyl (C=O) groups is 2. The van der Waals surface area contributed by atoms with Crippen molar-refractivity contribution in [3.63, 3.8) is 0 Å². The molecule has 0 unspecified atom stereocenters. The molecule has 1 aromatic carbocycles. The maximum absolute atomic E-state index is 11.8. The summed E-state index contributed by atoms with van der Waals surface area (Å²) in [6.07, 6.45) is 1.17. The topological polar surface area (TPSA) is 84.2 Å². The molecule has 19 heavy (non-hydrogen) atoms. The van der Waals surface area contributed by atoms with E-state index in [1.165, 1.54) is 0 Å². The highest BCUT2D eigenvalue weighted by molar-refractivity contribution is 5.83. The Bertz CT molecular complexity index is 406. The number of nitrogens with one attached hydrogen (secondary N) is 2. The first kappa shape index (κ1) is 15.2. The van der Waals surface area contributed by atoms with E-state index in [4.69, 9.17) is 5.73 Å². The Hall–Kier alpha value is -1.88. The molecular weight excluding hydrogens is 242 g/mol. The average molecular weight is 263 g/mol. The Balaban J connectivity index is 2.30. The number of amides is 2. The Morgan fingerprint density at radius 1 is 1.16 bits per heavy atom. The van der Waals surface area contributed by atoms with Crippen LogP contribution < -0.4 is 16.4 Å². The summed E-state index contributed by atoms with van der Waals surface area (Å²) in [6, 6.07) is 8.45. The minimum absolute atomic E-state index is 0.0598. The van der Waals surface area contributed by atoms with Crippen LogP contribution in [0.2, 0.25) is 0 Å². The molecular formula is C14H21N3O2. The highest BCUT2D eigenvalue weighted by Gasteiger charge is 2.14. The molecule has 0 aliphatic carbocycles. The van der Waals surface area contributed by atoms with Crippen molar-refractivity contribution in [1.82, 2.24) is 10.6 Å². The normalized spacial score (nSPS) is 11.7. The summed E-state index contributed by atoms with van der Waals surface area (Å²) >= 11 is 0. The van der Waals surface area contributed by atoms with E-state index in [0.29, 0.717) is 13.1 Å². The predicted octanol–water partition coefficient (Wildman–Crippen LogP) is 0.719. The van der Waals surface area contributed by atoms with Gasteiger partial charge in [0, 0.05) is 19.5 Å². The third kappa shape index (κ3) is 5.52. The van der Waals surface area contributed by atoms with E-state index in [-0.39, 0.29) is 18.2 Å². The minimum atomic E-state index is -0.695. The van der Waals surface area contributed by atoms with Gasteiger partial charge in [0.15, 0.2) is 0 Å². The molecule has 0 aliphatic rings. The second-order valence-electron chi connectivity index (χ2n) is 4.28. The van der Waals surface area contributed by atoms with Crippen molar-refractivity contribution in [2.24, 2.45) is 5.73 Å². The van der Waals surface area contributed by atoms with E-state index in [0.717, 1.165) is 12.0 Å². The second kappa shape index (κ2) is 8.26. The van der Waals surface area contributed by atoms with E-state index in [1.54, 1.807) is 12.1 Å². The lowest BCUT2D eigenvalue weighted by molar-refractivity contribution is -0.123. The fourth-order valence-corrected chi connectivity index (χ4v) is 1.57. The van der Waals surface area contributed by atoms with E-state index in [2.05, 4.69) is 10.6 Å². The van der Waals surface area contributed by atoms with Gasteiger partial charge < -0.3 is 16.4 Å². The van der Waals surface area contributed by atoms with Crippen molar-refractivity contribution >= 4 is 11.8 Å². The van der Waals surface area contributed by atoms with Crippen LogP contribution >= 0.6 is 0 Å². The number of carbonyl (C=O) groups excluding carboxylic acids is 2. The first-order valence-electron chi connectivity index (χ1n) is 6.50. The highest BCUT2D eigenvalue weighted by Crippen LogP contribution is 2.08. The van der Waals surface area contributed by atoms with Gasteiger partial charge >= 0.3 is 0 Å². The summed E-state index contributed by atoms with van der Waals surface area (Å²) in [5.41, 5.74) is 6.58. The van der Waals surface area contributed by atoms with Crippen LogP contribution in [-0.2, 0) is 9.59 Å². The largest absolute Gasteiger partial charge is 0.356 e. The standard InChI is InChI=1S/C14H21N3O2/c1-2-9-16-12(18)8-10-17-14(19)13(15)11-6-4-3-5-7-11/h3-7,13H,2,8-10,15H2,1H3,(H,16,18)(H,17,19)/t13-/m1/s1. The Morgan fingerprint density at radius 3 is 2.47 bits per heavy atom. The van der Waals surface area contributed by atoms with Crippen molar-refractivity contribution in [2.75, 3.05) is 13.1 Å². The van der Waals surface area contributed by atoms with Crippen molar-refractivity contribution < 1.29 is 9.59 Å². The van der Waals surface area contributed by atoms with Crippen molar-refractivity contribution in [3.05, 3.63) is 35.9 Å². The number of hydrogen-bond donors (Lipinski definition) is 3. The predicted molar refractivity (Wildman–Crippen MR) is 74.3 cm³/mol. The maximum Gasteiger partial charge on any atom is 0.241 e. The molecule has 2 amide bonds. The fourth-order valence-electron chi connectivity index (χ4n) is 1.57. The lowest BCUT2D eigenvalue weighted by Crippen LogP contribution is -2.36. The summed E-state index contributed by atoms with van der Waals surface area (Å²) in [5.74, 6) is -0.329. The van der Waals surface area contributed by atoms with Crippen LogP contribution in [-0.4, -0.2) is 24.9 Å². The van der Waals surface area contributed by atoms with Gasteiger partial charge in [0.2, 0.25) is 11.8 Å². The molecule has 4 N–H and O–H groups in total. The molecule has 0 saturated carbocycles. The van der Waals surface area contributed by atoms with Crippen LogP contribution in [0.15, 0.2) is 30.3 Å². The molecule has 0 aromatic heterocycles. The summed E-state index contributed by atoms with van der Waals surface area (Å²) in [6.45, 7) is 2.95. The summed E-state index contributed by atoms with van der Waals surface area (Å²) in [4.78, 5) is 23.1. The molecule has 1 rings (SSSR count). The third-order valence-corrected chi connectivity index (χ3v) is 2.66. The monoisotopic (exact) mass is 263 g/mol. The average Bonchev–Trinajstić information content (AvgIpc) is 2.45. The van der Waals surface area contributed by atoms with E-state index in [9.17, 15) is 9.59 Å². The second-order valence-corrected chi connectivity index (χ2v) is 4.28. The van der Waals surface area contributed by atoms with Gasteiger partial charge in [0.1, 0.15) is 6.04 Å². The fraction of sp³-hybridized carbons (Fsp3) is 0.429. The zero-order valence-corrected chi connectivity index (χ0v) is 11.2. The molecule has 0 saturated heterocycles. The summed E-state index contributed by atoms with van der Waals surface area (Å²) in [5, 5.41) is 5.41. The lowest BCUT2D eigenvalue weighted by Gasteiger charge is -2.12. The minimum Gasteiger partial charge on any atom is -0.356 e. The Labute approximate surface area is 113 Å². The molecule has 0 aliphatic heterocycles. The van der Waals surface area contributed by atoms with Gasteiger partial charge in [-0.3, -0.25) is 9.59 Å². The van der Waals surface area contributed by atoms with E-state index < -0.39 is 6.04 Å².